The van der Waals surface area contributed by atoms with Gasteiger partial charge in [-0.25, -0.2) is 0 Å². The van der Waals surface area contributed by atoms with Crippen LogP contribution in [0.1, 0.15) is 34.7 Å². The highest BCUT2D eigenvalue weighted by Crippen LogP contribution is 2.16. The van der Waals surface area contributed by atoms with Crippen molar-refractivity contribution < 1.29 is 14.1 Å². The maximum absolute atomic E-state index is 12.7. The van der Waals surface area contributed by atoms with Gasteiger partial charge < -0.3 is 14.2 Å². The summed E-state index contributed by atoms with van der Waals surface area (Å²) in [4.78, 5) is 14.5. The van der Waals surface area contributed by atoms with Gasteiger partial charge >= 0.3 is 0 Å². The fourth-order valence-electron chi connectivity index (χ4n) is 2.77. The van der Waals surface area contributed by atoms with Gasteiger partial charge in [0, 0.05) is 25.8 Å². The van der Waals surface area contributed by atoms with Crippen LogP contribution < -0.4 is 0 Å². The Morgan fingerprint density at radius 1 is 1.38 bits per heavy atom. The third-order valence-corrected chi connectivity index (χ3v) is 4.01. The van der Waals surface area contributed by atoms with Crippen molar-refractivity contribution in [2.24, 2.45) is 0 Å². The molecule has 2 heterocycles. The molecule has 1 aromatic heterocycles. The zero-order valence-electron chi connectivity index (χ0n) is 13.9. The fraction of sp³-hybridized carbons (Fsp3) is 0.368. The van der Waals surface area contributed by atoms with Gasteiger partial charge in [-0.15, -0.1) is 0 Å². The Kier molecular flexibility index (Phi) is 5.43. The Balaban J connectivity index is 1.69. The molecule has 3 rings (SSSR count). The van der Waals surface area contributed by atoms with Gasteiger partial charge in [0.25, 0.3) is 5.91 Å². The molecule has 0 bridgehead atoms. The van der Waals surface area contributed by atoms with Gasteiger partial charge in [-0.2, -0.15) is 0 Å². The first-order valence-electron chi connectivity index (χ1n) is 8.28. The molecule has 24 heavy (non-hydrogen) atoms. The summed E-state index contributed by atoms with van der Waals surface area (Å²) in [5, 5.41) is 3.81. The maximum Gasteiger partial charge on any atom is 0.292 e. The SMILES string of the molecule is Cc1cc(C(=O)N(C/C=C/c2ccccc2)CC2CCCO2)on1. The highest BCUT2D eigenvalue weighted by Gasteiger charge is 2.24. The average molecular weight is 326 g/mol. The van der Waals surface area contributed by atoms with E-state index < -0.39 is 0 Å². The molecule has 5 heteroatoms. The molecular formula is C19H22N2O3. The summed E-state index contributed by atoms with van der Waals surface area (Å²) in [7, 11) is 0. The predicted molar refractivity (Wildman–Crippen MR) is 91.6 cm³/mol. The smallest absolute Gasteiger partial charge is 0.292 e. The molecule has 1 aromatic carbocycles. The number of aromatic nitrogens is 1. The molecule has 0 spiro atoms. The van der Waals surface area contributed by atoms with E-state index in [1.807, 2.05) is 42.5 Å². The van der Waals surface area contributed by atoms with Crippen LogP contribution in [0.2, 0.25) is 0 Å². The number of aryl methyl sites for hydroxylation is 1. The molecular weight excluding hydrogens is 304 g/mol. The first kappa shape index (κ1) is 16.5. The lowest BCUT2D eigenvalue weighted by atomic mass is 10.2. The summed E-state index contributed by atoms with van der Waals surface area (Å²) in [6.45, 7) is 3.65. The van der Waals surface area contributed by atoms with E-state index in [1.54, 1.807) is 17.9 Å². The van der Waals surface area contributed by atoms with Crippen LogP contribution in [0.25, 0.3) is 6.08 Å². The lowest BCUT2D eigenvalue weighted by Crippen LogP contribution is -2.37. The van der Waals surface area contributed by atoms with Crippen molar-refractivity contribution in [3.05, 3.63) is 59.5 Å². The van der Waals surface area contributed by atoms with Crippen LogP contribution >= 0.6 is 0 Å². The van der Waals surface area contributed by atoms with E-state index in [-0.39, 0.29) is 17.8 Å². The van der Waals surface area contributed by atoms with E-state index in [2.05, 4.69) is 5.16 Å². The topological polar surface area (TPSA) is 55.6 Å². The van der Waals surface area contributed by atoms with Crippen molar-refractivity contribution >= 4 is 12.0 Å². The molecule has 0 saturated carbocycles. The van der Waals surface area contributed by atoms with Crippen LogP contribution in [0.3, 0.4) is 0 Å². The third kappa shape index (κ3) is 4.32. The maximum atomic E-state index is 12.7. The monoisotopic (exact) mass is 326 g/mol. The standard InChI is InChI=1S/C19H22N2O3/c1-15-13-18(24-20-15)19(22)21(14-17-10-6-12-23-17)11-5-9-16-7-3-2-4-8-16/h2-5,7-9,13,17H,6,10-12,14H2,1H3/b9-5+. The normalized spacial score (nSPS) is 17.5. The Labute approximate surface area is 141 Å². The largest absolute Gasteiger partial charge is 0.376 e. The number of carbonyl (C=O) groups excluding carboxylic acids is 1. The van der Waals surface area contributed by atoms with Crippen molar-refractivity contribution in [3.8, 4) is 0 Å². The van der Waals surface area contributed by atoms with Crippen LogP contribution in [-0.2, 0) is 4.74 Å². The van der Waals surface area contributed by atoms with Crippen LogP contribution in [-0.4, -0.2) is 41.8 Å². The molecule has 5 nitrogen and oxygen atoms in total. The number of hydrogen-bond donors (Lipinski definition) is 0. The Morgan fingerprint density at radius 2 is 2.21 bits per heavy atom. The second-order valence-electron chi connectivity index (χ2n) is 5.99. The lowest BCUT2D eigenvalue weighted by Gasteiger charge is -2.23. The first-order chi connectivity index (χ1) is 11.7. The van der Waals surface area contributed by atoms with Gasteiger partial charge in [0.1, 0.15) is 0 Å². The van der Waals surface area contributed by atoms with Crippen molar-refractivity contribution in [1.29, 1.82) is 0 Å². The van der Waals surface area contributed by atoms with E-state index in [4.69, 9.17) is 9.26 Å². The minimum absolute atomic E-state index is 0.100. The second-order valence-corrected chi connectivity index (χ2v) is 5.99. The van der Waals surface area contributed by atoms with Gasteiger partial charge in [-0.3, -0.25) is 4.79 Å². The summed E-state index contributed by atoms with van der Waals surface area (Å²) in [6.07, 6.45) is 6.14. The molecule has 1 fully saturated rings. The molecule has 1 saturated heterocycles. The van der Waals surface area contributed by atoms with Gasteiger partial charge in [0.05, 0.1) is 11.8 Å². The van der Waals surface area contributed by atoms with Gasteiger partial charge in [0.15, 0.2) is 0 Å². The molecule has 0 N–H and O–H groups in total. The Bertz CT molecular complexity index is 688. The Hall–Kier alpha value is -2.40. The summed E-state index contributed by atoms with van der Waals surface area (Å²) < 4.78 is 10.8. The van der Waals surface area contributed by atoms with Crippen LogP contribution in [0.15, 0.2) is 47.0 Å². The third-order valence-electron chi connectivity index (χ3n) is 4.01. The number of benzene rings is 1. The number of amides is 1. The van der Waals surface area contributed by atoms with E-state index in [1.165, 1.54) is 0 Å². The zero-order chi connectivity index (χ0) is 16.8. The lowest BCUT2D eigenvalue weighted by molar-refractivity contribution is 0.0524. The van der Waals surface area contributed by atoms with E-state index in [0.29, 0.717) is 18.8 Å². The molecule has 0 aliphatic carbocycles. The number of rotatable bonds is 6. The first-order valence-corrected chi connectivity index (χ1v) is 8.28. The molecule has 0 radical (unpaired) electrons. The molecule has 1 unspecified atom stereocenters. The van der Waals surface area contributed by atoms with Gasteiger partial charge in [0.2, 0.25) is 5.76 Å². The summed E-state index contributed by atoms with van der Waals surface area (Å²) in [5.74, 6) is 0.127. The van der Waals surface area contributed by atoms with E-state index in [9.17, 15) is 4.79 Å². The van der Waals surface area contributed by atoms with Crippen LogP contribution in [0.4, 0.5) is 0 Å². The van der Waals surface area contributed by atoms with Crippen LogP contribution in [0, 0.1) is 6.92 Å². The van der Waals surface area contributed by atoms with Gasteiger partial charge in [-0.1, -0.05) is 47.6 Å². The molecule has 1 aliphatic heterocycles. The van der Waals surface area contributed by atoms with E-state index in [0.717, 1.165) is 25.0 Å². The second kappa shape index (κ2) is 7.93. The van der Waals surface area contributed by atoms with E-state index >= 15 is 0 Å². The molecule has 1 aliphatic rings. The number of carbonyl (C=O) groups is 1. The molecule has 126 valence electrons. The van der Waals surface area contributed by atoms with Crippen molar-refractivity contribution in [2.75, 3.05) is 19.7 Å². The summed E-state index contributed by atoms with van der Waals surface area (Å²) >= 11 is 0. The molecule has 1 amide bonds. The highest BCUT2D eigenvalue weighted by molar-refractivity contribution is 5.91. The number of hydrogen-bond acceptors (Lipinski definition) is 4. The van der Waals surface area contributed by atoms with Crippen molar-refractivity contribution in [2.45, 2.75) is 25.9 Å². The Morgan fingerprint density at radius 3 is 2.88 bits per heavy atom. The summed E-state index contributed by atoms with van der Waals surface area (Å²) in [5.41, 5.74) is 1.81. The van der Waals surface area contributed by atoms with Crippen LogP contribution in [0.5, 0.6) is 0 Å². The predicted octanol–water partition coefficient (Wildman–Crippen LogP) is 3.32. The minimum Gasteiger partial charge on any atom is -0.376 e. The number of ether oxygens (including phenoxy) is 1. The highest BCUT2D eigenvalue weighted by atomic mass is 16.5. The molecule has 1 atom stereocenters. The average Bonchev–Trinajstić information content (AvgIpc) is 3.26. The van der Waals surface area contributed by atoms with Crippen molar-refractivity contribution in [3.63, 3.8) is 0 Å². The minimum atomic E-state index is -0.149. The quantitative estimate of drug-likeness (QED) is 0.817. The zero-order valence-corrected chi connectivity index (χ0v) is 13.9. The van der Waals surface area contributed by atoms with Crippen molar-refractivity contribution in [1.82, 2.24) is 10.1 Å². The fourth-order valence-corrected chi connectivity index (χ4v) is 2.77. The molecule has 2 aromatic rings. The summed E-state index contributed by atoms with van der Waals surface area (Å²) in [6, 6.07) is 11.7. The van der Waals surface area contributed by atoms with Gasteiger partial charge in [-0.05, 0) is 25.3 Å². The number of nitrogens with zero attached hydrogens (tertiary/aromatic N) is 2.